The number of halogens is 1. The van der Waals surface area contributed by atoms with Crippen LogP contribution in [-0.2, 0) is 6.42 Å². The van der Waals surface area contributed by atoms with Crippen LogP contribution in [0.2, 0.25) is 0 Å². The first-order valence-corrected chi connectivity index (χ1v) is 8.39. The maximum atomic E-state index is 5.49. The molecule has 1 aromatic heterocycles. The Bertz CT molecular complexity index is 686. The quantitative estimate of drug-likeness (QED) is 0.681. The van der Waals surface area contributed by atoms with Gasteiger partial charge in [-0.15, -0.1) is 12.4 Å². The zero-order chi connectivity index (χ0) is 16.2. The first-order valence-electron chi connectivity index (χ1n) is 8.39. The molecule has 134 valence electrons. The van der Waals surface area contributed by atoms with E-state index in [1.807, 2.05) is 24.4 Å². The van der Waals surface area contributed by atoms with E-state index in [4.69, 9.17) is 9.47 Å². The first kappa shape index (κ1) is 17.9. The van der Waals surface area contributed by atoms with Crippen LogP contribution in [0.1, 0.15) is 17.3 Å². The molecule has 7 heteroatoms. The summed E-state index contributed by atoms with van der Waals surface area (Å²) in [5.41, 5.74) is 8.99. The molecule has 2 unspecified atom stereocenters. The van der Waals surface area contributed by atoms with E-state index >= 15 is 0 Å². The third-order valence-electron chi connectivity index (χ3n) is 4.54. The Morgan fingerprint density at radius 2 is 2.08 bits per heavy atom. The number of rotatable bonds is 6. The van der Waals surface area contributed by atoms with Crippen molar-refractivity contribution in [3.63, 3.8) is 0 Å². The average molecular weight is 363 g/mol. The highest BCUT2D eigenvalue weighted by atomic mass is 35.5. The molecule has 3 N–H and O–H groups in total. The van der Waals surface area contributed by atoms with E-state index in [1.54, 1.807) is 0 Å². The minimum absolute atomic E-state index is 0. The minimum Gasteiger partial charge on any atom is -0.454 e. The Balaban J connectivity index is 0.00000182. The van der Waals surface area contributed by atoms with E-state index in [1.165, 1.54) is 5.56 Å². The second-order valence-electron chi connectivity index (χ2n) is 6.15. The second kappa shape index (κ2) is 8.49. The minimum atomic E-state index is 0. The van der Waals surface area contributed by atoms with E-state index in [2.05, 4.69) is 39.4 Å². The molecule has 1 aromatic carbocycles. The summed E-state index contributed by atoms with van der Waals surface area (Å²) in [5.74, 6) is 2.15. The number of aromatic nitrogens is 1. The molecule has 25 heavy (non-hydrogen) atoms. The molecule has 4 rings (SSSR count). The molecule has 2 aliphatic rings. The predicted octanol–water partition coefficient (Wildman–Crippen LogP) is 1.83. The van der Waals surface area contributed by atoms with Crippen molar-refractivity contribution in [3.8, 4) is 11.5 Å². The predicted molar refractivity (Wildman–Crippen MR) is 98.0 cm³/mol. The fourth-order valence-corrected chi connectivity index (χ4v) is 3.24. The van der Waals surface area contributed by atoms with E-state index in [-0.39, 0.29) is 18.4 Å². The van der Waals surface area contributed by atoms with Crippen molar-refractivity contribution >= 4 is 12.4 Å². The molecule has 2 aliphatic heterocycles. The molecule has 0 saturated carbocycles. The lowest BCUT2D eigenvalue weighted by Gasteiger charge is -2.19. The van der Waals surface area contributed by atoms with Crippen LogP contribution < -0.4 is 25.6 Å². The molecule has 6 nitrogen and oxygen atoms in total. The summed E-state index contributed by atoms with van der Waals surface area (Å²) in [6.45, 7) is 3.14. The summed E-state index contributed by atoms with van der Waals surface area (Å²) in [7, 11) is 0. The van der Waals surface area contributed by atoms with Gasteiger partial charge >= 0.3 is 0 Å². The summed E-state index contributed by atoms with van der Waals surface area (Å²) >= 11 is 0. The molecule has 3 heterocycles. The number of nitrogens with zero attached hydrogens (tertiary/aromatic N) is 1. The van der Waals surface area contributed by atoms with Gasteiger partial charge in [-0.1, -0.05) is 12.1 Å². The van der Waals surface area contributed by atoms with Crippen LogP contribution in [0.15, 0.2) is 42.6 Å². The largest absolute Gasteiger partial charge is 0.454 e. The summed E-state index contributed by atoms with van der Waals surface area (Å²) in [6.07, 6.45) is 2.79. The molecule has 0 bridgehead atoms. The maximum absolute atomic E-state index is 5.49. The highest BCUT2D eigenvalue weighted by molar-refractivity contribution is 5.85. The zero-order valence-electron chi connectivity index (χ0n) is 13.9. The molecule has 1 fully saturated rings. The Kier molecular flexibility index (Phi) is 6.09. The fourth-order valence-electron chi connectivity index (χ4n) is 3.24. The normalized spacial score (nSPS) is 21.1. The number of ether oxygens (including phenoxy) is 2. The van der Waals surface area contributed by atoms with E-state index in [0.29, 0.717) is 12.7 Å². The number of hydrogen-bond acceptors (Lipinski definition) is 6. The van der Waals surface area contributed by atoms with Gasteiger partial charge in [-0.2, -0.15) is 0 Å². The van der Waals surface area contributed by atoms with Crippen LogP contribution >= 0.6 is 12.4 Å². The number of benzene rings is 1. The maximum Gasteiger partial charge on any atom is 0.231 e. The number of hydrazine groups is 1. The highest BCUT2D eigenvalue weighted by Gasteiger charge is 2.29. The van der Waals surface area contributed by atoms with Gasteiger partial charge in [0.05, 0.1) is 6.04 Å². The fraction of sp³-hybridized carbons (Fsp3) is 0.389. The number of pyridine rings is 1. The third-order valence-corrected chi connectivity index (χ3v) is 4.54. The van der Waals surface area contributed by atoms with E-state index in [0.717, 1.165) is 43.2 Å². The van der Waals surface area contributed by atoms with Gasteiger partial charge in [0.1, 0.15) is 0 Å². The van der Waals surface area contributed by atoms with Gasteiger partial charge in [0, 0.05) is 43.9 Å². The Morgan fingerprint density at radius 3 is 2.96 bits per heavy atom. The zero-order valence-corrected chi connectivity index (χ0v) is 14.7. The van der Waals surface area contributed by atoms with Crippen molar-refractivity contribution in [1.29, 1.82) is 0 Å². The van der Waals surface area contributed by atoms with E-state index < -0.39 is 0 Å². The Hall–Kier alpha value is -1.86. The summed E-state index contributed by atoms with van der Waals surface area (Å²) in [5, 5.41) is 3.55. The molecule has 0 amide bonds. The van der Waals surface area contributed by atoms with Crippen LogP contribution in [0.4, 0.5) is 0 Å². The first-order chi connectivity index (χ1) is 11.9. The van der Waals surface area contributed by atoms with Gasteiger partial charge in [-0.05, 0) is 29.8 Å². The molecule has 2 atom stereocenters. The van der Waals surface area contributed by atoms with Crippen LogP contribution in [0.5, 0.6) is 11.5 Å². The van der Waals surface area contributed by atoms with Gasteiger partial charge in [0.15, 0.2) is 11.5 Å². The highest BCUT2D eigenvalue weighted by Crippen LogP contribution is 2.36. The van der Waals surface area contributed by atoms with Crippen molar-refractivity contribution < 1.29 is 9.47 Å². The van der Waals surface area contributed by atoms with Crippen LogP contribution in [0, 0.1) is 5.92 Å². The smallest absolute Gasteiger partial charge is 0.231 e. The van der Waals surface area contributed by atoms with Crippen LogP contribution in [-0.4, -0.2) is 31.4 Å². The molecule has 0 radical (unpaired) electrons. The molecule has 2 aromatic rings. The summed E-state index contributed by atoms with van der Waals surface area (Å²) in [6, 6.07) is 12.5. The van der Waals surface area contributed by atoms with Crippen molar-refractivity contribution in [2.24, 2.45) is 5.92 Å². The van der Waals surface area contributed by atoms with Gasteiger partial charge in [0.25, 0.3) is 0 Å². The van der Waals surface area contributed by atoms with Gasteiger partial charge in [0.2, 0.25) is 6.79 Å². The molecule has 0 spiro atoms. The van der Waals surface area contributed by atoms with E-state index in [9.17, 15) is 0 Å². The lowest BCUT2D eigenvalue weighted by molar-refractivity contribution is 0.174. The Labute approximate surface area is 153 Å². The lowest BCUT2D eigenvalue weighted by atomic mass is 9.94. The molecular formula is C18H23ClN4O2. The average Bonchev–Trinajstić information content (AvgIpc) is 3.28. The van der Waals surface area contributed by atoms with Gasteiger partial charge in [-0.25, -0.2) is 5.43 Å². The second-order valence-corrected chi connectivity index (χ2v) is 6.15. The van der Waals surface area contributed by atoms with Crippen molar-refractivity contribution in [1.82, 2.24) is 21.2 Å². The van der Waals surface area contributed by atoms with Crippen molar-refractivity contribution in [3.05, 3.63) is 53.9 Å². The third kappa shape index (κ3) is 4.22. The lowest BCUT2D eigenvalue weighted by Crippen LogP contribution is -2.30. The topological polar surface area (TPSA) is 67.4 Å². The van der Waals surface area contributed by atoms with Gasteiger partial charge in [-0.3, -0.25) is 10.4 Å². The molecular weight excluding hydrogens is 340 g/mol. The molecule has 0 aliphatic carbocycles. The number of nitrogens with one attached hydrogen (secondary N) is 3. The van der Waals surface area contributed by atoms with Crippen molar-refractivity contribution in [2.75, 3.05) is 26.4 Å². The standard InChI is InChI=1S/C18H22N4O2.ClH/c1-2-7-20-15(3-1)6-8-19-10-14-11-21-22-18(14)13-4-5-16-17(9-13)24-12-23-16;/h1-5,7,9,14,18-19,21-22H,6,8,10-12H2;1H. The summed E-state index contributed by atoms with van der Waals surface area (Å²) < 4.78 is 10.9. The SMILES string of the molecule is Cl.c1ccc(CCNCC2CNNC2c2ccc3c(c2)OCO3)nc1. The number of hydrogen-bond donors (Lipinski definition) is 3. The molecule has 1 saturated heterocycles. The Morgan fingerprint density at radius 1 is 1.16 bits per heavy atom. The van der Waals surface area contributed by atoms with Crippen LogP contribution in [0.3, 0.4) is 0 Å². The number of fused-ring (bicyclic) bond motifs is 1. The van der Waals surface area contributed by atoms with Gasteiger partial charge < -0.3 is 14.8 Å². The van der Waals surface area contributed by atoms with Crippen molar-refractivity contribution in [2.45, 2.75) is 12.5 Å². The monoisotopic (exact) mass is 362 g/mol. The van der Waals surface area contributed by atoms with Crippen LogP contribution in [0.25, 0.3) is 0 Å². The summed E-state index contributed by atoms with van der Waals surface area (Å²) in [4.78, 5) is 4.35.